The number of aliphatic hydroxyl groups is 1. The van der Waals surface area contributed by atoms with Gasteiger partial charge in [-0.2, -0.15) is 0 Å². The zero-order valence-corrected chi connectivity index (χ0v) is 14.9. The largest absolute Gasteiger partial charge is 0.386 e. The van der Waals surface area contributed by atoms with Crippen LogP contribution in [0.25, 0.3) is 0 Å². The summed E-state index contributed by atoms with van der Waals surface area (Å²) >= 11 is 0. The molecule has 0 bridgehead atoms. The number of hydrogen-bond acceptors (Lipinski definition) is 4. The summed E-state index contributed by atoms with van der Waals surface area (Å²) in [6, 6.07) is 10.5. The van der Waals surface area contributed by atoms with Crippen LogP contribution in [0.2, 0.25) is 0 Å². The number of anilines is 2. The predicted octanol–water partition coefficient (Wildman–Crippen LogP) is 1.88. The van der Waals surface area contributed by atoms with Gasteiger partial charge in [0.1, 0.15) is 5.82 Å². The van der Waals surface area contributed by atoms with Crippen LogP contribution >= 0.6 is 0 Å². The van der Waals surface area contributed by atoms with Gasteiger partial charge in [-0.05, 0) is 30.7 Å². The maximum absolute atomic E-state index is 13.6. The second kappa shape index (κ2) is 8.91. The zero-order chi connectivity index (χ0) is 20.0. The number of nitrogens with one attached hydrogen (secondary N) is 3. The van der Waals surface area contributed by atoms with E-state index in [1.807, 2.05) is 0 Å². The Morgan fingerprint density at radius 2 is 1.63 bits per heavy atom. The topological polar surface area (TPSA) is 108 Å². The van der Waals surface area contributed by atoms with Gasteiger partial charge in [-0.25, -0.2) is 4.39 Å². The van der Waals surface area contributed by atoms with Crippen molar-refractivity contribution in [1.29, 1.82) is 0 Å². The molecule has 0 aliphatic carbocycles. The summed E-state index contributed by atoms with van der Waals surface area (Å²) in [4.78, 5) is 35.2. The molecular weight excluding hydrogens is 353 g/mol. The first-order valence-electron chi connectivity index (χ1n) is 8.18. The van der Waals surface area contributed by atoms with E-state index < -0.39 is 23.7 Å². The Labute approximate surface area is 155 Å². The van der Waals surface area contributed by atoms with Crippen molar-refractivity contribution >= 4 is 29.1 Å². The van der Waals surface area contributed by atoms with E-state index in [1.165, 1.54) is 25.1 Å². The Kier molecular flexibility index (Phi) is 6.62. The van der Waals surface area contributed by atoms with Crippen LogP contribution < -0.4 is 16.0 Å². The second-order valence-electron chi connectivity index (χ2n) is 5.86. The van der Waals surface area contributed by atoms with Gasteiger partial charge in [0.2, 0.25) is 5.91 Å². The number of hydrogen-bond donors (Lipinski definition) is 4. The highest BCUT2D eigenvalue weighted by atomic mass is 19.1. The van der Waals surface area contributed by atoms with Crippen molar-refractivity contribution in [2.24, 2.45) is 0 Å². The summed E-state index contributed by atoms with van der Waals surface area (Å²) in [5, 5.41) is 17.3. The average molecular weight is 373 g/mol. The summed E-state index contributed by atoms with van der Waals surface area (Å²) in [6.45, 7) is 2.72. The molecule has 0 fully saturated rings. The Morgan fingerprint density at radius 3 is 2.26 bits per heavy atom. The molecule has 7 nitrogen and oxygen atoms in total. The lowest BCUT2D eigenvalue weighted by Gasteiger charge is -2.14. The van der Waals surface area contributed by atoms with Crippen molar-refractivity contribution in [2.75, 3.05) is 17.2 Å². The molecule has 0 aliphatic rings. The smallest absolute Gasteiger partial charge is 0.313 e. The van der Waals surface area contributed by atoms with E-state index in [4.69, 9.17) is 0 Å². The fraction of sp³-hybridized carbons (Fsp3) is 0.211. The molecule has 2 aromatic rings. The maximum atomic E-state index is 13.6. The van der Waals surface area contributed by atoms with Gasteiger partial charge in [-0.15, -0.1) is 0 Å². The lowest BCUT2D eigenvalue weighted by atomic mass is 10.1. The Bertz CT molecular complexity index is 870. The van der Waals surface area contributed by atoms with E-state index in [0.717, 1.165) is 0 Å². The number of aliphatic hydroxyl groups excluding tert-OH is 1. The molecule has 0 spiro atoms. The van der Waals surface area contributed by atoms with Crippen molar-refractivity contribution in [1.82, 2.24) is 5.32 Å². The molecule has 8 heteroatoms. The van der Waals surface area contributed by atoms with Crippen molar-refractivity contribution in [2.45, 2.75) is 20.0 Å². The normalized spacial score (nSPS) is 11.4. The zero-order valence-electron chi connectivity index (χ0n) is 14.9. The quantitative estimate of drug-likeness (QED) is 0.600. The van der Waals surface area contributed by atoms with Gasteiger partial charge in [0.15, 0.2) is 0 Å². The number of halogens is 1. The average Bonchev–Trinajstić information content (AvgIpc) is 2.62. The third-order valence-corrected chi connectivity index (χ3v) is 3.82. The minimum atomic E-state index is -1.28. The molecule has 0 heterocycles. The highest BCUT2D eigenvalue weighted by Crippen LogP contribution is 2.23. The number of amides is 3. The van der Waals surface area contributed by atoms with Crippen LogP contribution in [0, 0.1) is 12.7 Å². The van der Waals surface area contributed by atoms with Gasteiger partial charge in [-0.3, -0.25) is 14.4 Å². The summed E-state index contributed by atoms with van der Waals surface area (Å²) in [5.41, 5.74) is 1.48. The first kappa shape index (κ1) is 20.1. The van der Waals surface area contributed by atoms with E-state index in [9.17, 15) is 23.9 Å². The maximum Gasteiger partial charge on any atom is 0.313 e. The third kappa shape index (κ3) is 5.35. The highest BCUT2D eigenvalue weighted by molar-refractivity contribution is 6.39. The standard InChI is InChI=1S/C19H20FN3O4/c1-11-15(22-12(2)24)8-5-9-16(11)23-19(27)18(26)21-10-17(25)13-6-3-4-7-14(13)20/h3-9,17,25H,10H2,1-2H3,(H,21,26)(H,22,24)(H,23,27)/t17-/m1/s1. The van der Waals surface area contributed by atoms with Gasteiger partial charge in [-0.1, -0.05) is 24.3 Å². The van der Waals surface area contributed by atoms with Gasteiger partial charge in [0.25, 0.3) is 0 Å². The van der Waals surface area contributed by atoms with E-state index >= 15 is 0 Å². The molecule has 3 amide bonds. The van der Waals surface area contributed by atoms with Crippen LogP contribution in [0.5, 0.6) is 0 Å². The van der Waals surface area contributed by atoms with Crippen molar-refractivity contribution in [3.05, 3.63) is 59.4 Å². The van der Waals surface area contributed by atoms with Gasteiger partial charge in [0, 0.05) is 30.4 Å². The fourth-order valence-electron chi connectivity index (χ4n) is 2.40. The lowest BCUT2D eigenvalue weighted by molar-refractivity contribution is -0.136. The monoisotopic (exact) mass is 373 g/mol. The van der Waals surface area contributed by atoms with Crippen molar-refractivity contribution in [3.8, 4) is 0 Å². The van der Waals surface area contributed by atoms with E-state index in [1.54, 1.807) is 31.2 Å². The van der Waals surface area contributed by atoms with Gasteiger partial charge in [0.05, 0.1) is 6.10 Å². The Morgan fingerprint density at radius 1 is 1.00 bits per heavy atom. The lowest BCUT2D eigenvalue weighted by Crippen LogP contribution is -2.37. The molecule has 1 atom stereocenters. The molecule has 0 aromatic heterocycles. The Balaban J connectivity index is 1.97. The van der Waals surface area contributed by atoms with Gasteiger partial charge >= 0.3 is 11.8 Å². The molecule has 0 saturated heterocycles. The molecular formula is C19H20FN3O4. The first-order chi connectivity index (χ1) is 12.8. The van der Waals surface area contributed by atoms with Gasteiger partial charge < -0.3 is 21.1 Å². The SMILES string of the molecule is CC(=O)Nc1cccc(NC(=O)C(=O)NC[C@@H](O)c2ccccc2F)c1C. The minimum absolute atomic E-state index is 0.0251. The number of carbonyl (C=O) groups excluding carboxylic acids is 3. The third-order valence-electron chi connectivity index (χ3n) is 3.82. The summed E-state index contributed by atoms with van der Waals surface area (Å²) in [7, 11) is 0. The molecule has 0 unspecified atom stereocenters. The van der Waals surface area contributed by atoms with Crippen LogP contribution in [0.1, 0.15) is 24.2 Å². The first-order valence-corrected chi connectivity index (χ1v) is 8.18. The molecule has 2 aromatic carbocycles. The summed E-state index contributed by atoms with van der Waals surface area (Å²) < 4.78 is 13.6. The van der Waals surface area contributed by atoms with Crippen LogP contribution in [-0.4, -0.2) is 29.4 Å². The van der Waals surface area contributed by atoms with E-state index in [2.05, 4.69) is 16.0 Å². The number of carbonyl (C=O) groups is 3. The highest BCUT2D eigenvalue weighted by Gasteiger charge is 2.18. The molecule has 4 N–H and O–H groups in total. The predicted molar refractivity (Wildman–Crippen MR) is 98.5 cm³/mol. The summed E-state index contributed by atoms with van der Waals surface area (Å²) in [6.07, 6.45) is -1.28. The van der Waals surface area contributed by atoms with Crippen molar-refractivity contribution < 1.29 is 23.9 Å². The van der Waals surface area contributed by atoms with Crippen molar-refractivity contribution in [3.63, 3.8) is 0 Å². The Hall–Kier alpha value is -3.26. The van der Waals surface area contributed by atoms with Crippen LogP contribution in [0.4, 0.5) is 15.8 Å². The van der Waals surface area contributed by atoms with E-state index in [-0.39, 0.29) is 18.0 Å². The second-order valence-corrected chi connectivity index (χ2v) is 5.86. The minimum Gasteiger partial charge on any atom is -0.386 e. The molecule has 0 radical (unpaired) electrons. The van der Waals surface area contributed by atoms with Crippen LogP contribution in [-0.2, 0) is 14.4 Å². The molecule has 142 valence electrons. The molecule has 27 heavy (non-hydrogen) atoms. The van der Waals surface area contributed by atoms with Crippen LogP contribution in [0.15, 0.2) is 42.5 Å². The number of rotatable bonds is 5. The molecule has 0 saturated carbocycles. The fourth-order valence-corrected chi connectivity index (χ4v) is 2.40. The number of benzene rings is 2. The summed E-state index contributed by atoms with van der Waals surface area (Å²) in [5.74, 6) is -2.79. The van der Waals surface area contributed by atoms with Crippen LogP contribution in [0.3, 0.4) is 0 Å². The van der Waals surface area contributed by atoms with E-state index in [0.29, 0.717) is 16.9 Å². The molecule has 2 rings (SSSR count). The molecule has 0 aliphatic heterocycles.